The van der Waals surface area contributed by atoms with Crippen LogP contribution in [0.5, 0.6) is 5.75 Å². The lowest BCUT2D eigenvalue weighted by molar-refractivity contribution is -0.120. The summed E-state index contributed by atoms with van der Waals surface area (Å²) in [7, 11) is 0. The molecule has 0 spiro atoms. The summed E-state index contributed by atoms with van der Waals surface area (Å²) in [6, 6.07) is 11.3. The monoisotopic (exact) mass is 485 g/mol. The molecular weight excluding hydrogens is 464 g/mol. The van der Waals surface area contributed by atoms with Crippen molar-refractivity contribution >= 4 is 56.6 Å². The molecule has 2 heterocycles. The third-order valence-corrected chi connectivity index (χ3v) is 6.08. The van der Waals surface area contributed by atoms with Crippen LogP contribution in [0, 0.1) is 5.82 Å². The molecule has 0 bridgehead atoms. The van der Waals surface area contributed by atoms with E-state index in [4.69, 9.17) is 21.1 Å². The van der Waals surface area contributed by atoms with Gasteiger partial charge in [0.05, 0.1) is 23.4 Å². The molecule has 0 unspecified atom stereocenters. The molecule has 0 radical (unpaired) electrons. The predicted octanol–water partition coefficient (Wildman–Crippen LogP) is 4.25. The fourth-order valence-corrected chi connectivity index (χ4v) is 4.31. The second-order valence-corrected chi connectivity index (χ2v) is 8.30. The number of anilines is 1. The van der Waals surface area contributed by atoms with Crippen LogP contribution >= 0.6 is 35.3 Å². The van der Waals surface area contributed by atoms with Gasteiger partial charge in [-0.15, -0.1) is 12.4 Å². The van der Waals surface area contributed by atoms with Gasteiger partial charge in [0.2, 0.25) is 0 Å². The number of nitrogens with zero attached hydrogens (tertiary/aromatic N) is 3. The first-order valence-corrected chi connectivity index (χ1v) is 10.8. The standard InChI is InChI=1S/C21H21ClFN3O3S.ClH/c22-15-1-4-17(5-2-15)29-14-20(27)26(8-7-25-9-11-28-12-10-25)21-24-18-6-3-16(23)13-19(18)30-21;/h1-6,13H,7-12,14H2;1H. The van der Waals surface area contributed by atoms with E-state index >= 15 is 0 Å². The molecule has 0 saturated carbocycles. The minimum atomic E-state index is -0.324. The van der Waals surface area contributed by atoms with Crippen molar-refractivity contribution in [3.8, 4) is 5.75 Å². The van der Waals surface area contributed by atoms with Gasteiger partial charge in [0.1, 0.15) is 11.6 Å². The number of ether oxygens (including phenoxy) is 2. The molecular formula is C21H22Cl2FN3O3S. The molecule has 1 aromatic heterocycles. The Morgan fingerprint density at radius 2 is 1.97 bits per heavy atom. The molecule has 3 aromatic rings. The van der Waals surface area contributed by atoms with Crippen molar-refractivity contribution in [2.45, 2.75) is 0 Å². The van der Waals surface area contributed by atoms with Gasteiger partial charge in [0.25, 0.3) is 5.91 Å². The van der Waals surface area contributed by atoms with Crippen molar-refractivity contribution in [2.24, 2.45) is 0 Å². The maximum atomic E-state index is 13.6. The average Bonchev–Trinajstić information content (AvgIpc) is 3.17. The number of carbonyl (C=O) groups excluding carboxylic acids is 1. The lowest BCUT2D eigenvalue weighted by Gasteiger charge is -2.29. The number of morpholine rings is 1. The third kappa shape index (κ3) is 6.27. The molecule has 1 fully saturated rings. The smallest absolute Gasteiger partial charge is 0.266 e. The number of carbonyl (C=O) groups is 1. The molecule has 1 aliphatic heterocycles. The van der Waals surface area contributed by atoms with Crippen molar-refractivity contribution < 1.29 is 18.7 Å². The number of fused-ring (bicyclic) bond motifs is 1. The normalized spacial score (nSPS) is 14.3. The van der Waals surface area contributed by atoms with E-state index in [-0.39, 0.29) is 30.7 Å². The van der Waals surface area contributed by atoms with Crippen LogP contribution in [-0.4, -0.2) is 61.8 Å². The van der Waals surface area contributed by atoms with Gasteiger partial charge in [0.15, 0.2) is 11.7 Å². The van der Waals surface area contributed by atoms with Crippen LogP contribution in [-0.2, 0) is 9.53 Å². The Labute approximate surface area is 194 Å². The number of hydrogen-bond donors (Lipinski definition) is 0. The molecule has 31 heavy (non-hydrogen) atoms. The number of benzene rings is 2. The number of amides is 1. The van der Waals surface area contributed by atoms with Gasteiger partial charge in [-0.2, -0.15) is 0 Å². The van der Waals surface area contributed by atoms with Crippen LogP contribution in [0.2, 0.25) is 5.02 Å². The van der Waals surface area contributed by atoms with Gasteiger partial charge in [-0.25, -0.2) is 9.37 Å². The number of aromatic nitrogens is 1. The Balaban J connectivity index is 0.00000272. The summed E-state index contributed by atoms with van der Waals surface area (Å²) in [6.07, 6.45) is 0. The largest absolute Gasteiger partial charge is 0.484 e. The molecule has 0 atom stereocenters. The Hall–Kier alpha value is -1.97. The molecule has 6 nitrogen and oxygen atoms in total. The Morgan fingerprint density at radius 1 is 1.23 bits per heavy atom. The second-order valence-electron chi connectivity index (χ2n) is 6.85. The Kier molecular flexibility index (Phi) is 8.45. The highest BCUT2D eigenvalue weighted by atomic mass is 35.5. The summed E-state index contributed by atoms with van der Waals surface area (Å²) < 4.78 is 25.3. The van der Waals surface area contributed by atoms with E-state index in [0.29, 0.717) is 52.4 Å². The topological polar surface area (TPSA) is 54.9 Å². The SMILES string of the molecule is Cl.O=C(COc1ccc(Cl)cc1)N(CCN1CCOCC1)c1nc2ccc(F)cc2s1. The fourth-order valence-electron chi connectivity index (χ4n) is 3.15. The van der Waals surface area contributed by atoms with Crippen LogP contribution < -0.4 is 9.64 Å². The van der Waals surface area contributed by atoms with Gasteiger partial charge in [-0.05, 0) is 42.5 Å². The molecule has 0 N–H and O–H groups in total. The lowest BCUT2D eigenvalue weighted by Crippen LogP contribution is -2.44. The molecule has 2 aromatic carbocycles. The van der Waals surface area contributed by atoms with Crippen molar-refractivity contribution in [1.82, 2.24) is 9.88 Å². The summed E-state index contributed by atoms with van der Waals surface area (Å²) in [6.45, 7) is 4.06. The highest BCUT2D eigenvalue weighted by Crippen LogP contribution is 2.29. The van der Waals surface area contributed by atoms with E-state index in [1.807, 2.05) is 0 Å². The minimum absolute atomic E-state index is 0. The highest BCUT2D eigenvalue weighted by molar-refractivity contribution is 7.22. The quantitative estimate of drug-likeness (QED) is 0.500. The first-order valence-electron chi connectivity index (χ1n) is 9.63. The summed E-state index contributed by atoms with van der Waals surface area (Å²) in [4.78, 5) is 21.4. The maximum absolute atomic E-state index is 13.6. The fraction of sp³-hybridized carbons (Fsp3) is 0.333. The number of hydrogen-bond acceptors (Lipinski definition) is 6. The Bertz CT molecular complexity index is 1010. The molecule has 1 aliphatic rings. The van der Waals surface area contributed by atoms with Crippen molar-refractivity contribution in [2.75, 3.05) is 50.9 Å². The zero-order valence-electron chi connectivity index (χ0n) is 16.6. The molecule has 1 saturated heterocycles. The maximum Gasteiger partial charge on any atom is 0.266 e. The molecule has 166 valence electrons. The van der Waals surface area contributed by atoms with Crippen LogP contribution in [0.4, 0.5) is 9.52 Å². The van der Waals surface area contributed by atoms with E-state index in [0.717, 1.165) is 13.1 Å². The summed E-state index contributed by atoms with van der Waals surface area (Å²) in [5.74, 6) is 0.0277. The number of halogens is 3. The average molecular weight is 486 g/mol. The van der Waals surface area contributed by atoms with Gasteiger partial charge >= 0.3 is 0 Å². The van der Waals surface area contributed by atoms with Crippen LogP contribution in [0.25, 0.3) is 10.2 Å². The zero-order valence-corrected chi connectivity index (χ0v) is 19.0. The first-order chi connectivity index (χ1) is 14.6. The van der Waals surface area contributed by atoms with Crippen LogP contribution in [0.3, 0.4) is 0 Å². The zero-order chi connectivity index (χ0) is 20.9. The summed E-state index contributed by atoms with van der Waals surface area (Å²) in [5.41, 5.74) is 0.666. The first kappa shape index (κ1) is 23.7. The molecule has 1 amide bonds. The lowest BCUT2D eigenvalue weighted by atomic mass is 10.3. The summed E-state index contributed by atoms with van der Waals surface area (Å²) in [5, 5.41) is 1.14. The van der Waals surface area contributed by atoms with Gasteiger partial charge < -0.3 is 9.47 Å². The van der Waals surface area contributed by atoms with Gasteiger partial charge in [-0.3, -0.25) is 14.6 Å². The Morgan fingerprint density at radius 3 is 2.71 bits per heavy atom. The summed E-state index contributed by atoms with van der Waals surface area (Å²) >= 11 is 7.19. The number of rotatable bonds is 7. The molecule has 4 rings (SSSR count). The van der Waals surface area contributed by atoms with Crippen molar-refractivity contribution in [3.63, 3.8) is 0 Å². The second kappa shape index (κ2) is 11.1. The molecule has 0 aliphatic carbocycles. The van der Waals surface area contributed by atoms with Crippen LogP contribution in [0.1, 0.15) is 0 Å². The van der Waals surface area contributed by atoms with E-state index in [1.165, 1.54) is 23.5 Å². The predicted molar refractivity (Wildman–Crippen MR) is 123 cm³/mol. The van der Waals surface area contributed by atoms with Crippen molar-refractivity contribution in [3.05, 3.63) is 53.3 Å². The van der Waals surface area contributed by atoms with Gasteiger partial charge in [-0.1, -0.05) is 22.9 Å². The highest BCUT2D eigenvalue weighted by Gasteiger charge is 2.22. The van der Waals surface area contributed by atoms with Crippen molar-refractivity contribution in [1.29, 1.82) is 0 Å². The molecule has 10 heteroatoms. The van der Waals surface area contributed by atoms with E-state index in [1.54, 1.807) is 35.2 Å². The van der Waals surface area contributed by atoms with E-state index < -0.39 is 0 Å². The number of thiazole rings is 1. The third-order valence-electron chi connectivity index (χ3n) is 4.79. The van der Waals surface area contributed by atoms with Gasteiger partial charge in [0, 0.05) is 31.2 Å². The minimum Gasteiger partial charge on any atom is -0.484 e. The van der Waals surface area contributed by atoms with Crippen LogP contribution in [0.15, 0.2) is 42.5 Å². The van der Waals surface area contributed by atoms with E-state index in [9.17, 15) is 9.18 Å². The van der Waals surface area contributed by atoms with E-state index in [2.05, 4.69) is 9.88 Å².